The van der Waals surface area contributed by atoms with Crippen molar-refractivity contribution in [3.05, 3.63) is 41.3 Å². The lowest BCUT2D eigenvalue weighted by molar-refractivity contribution is 0.753. The smallest absolute Gasteiger partial charge is 0.153 e. The van der Waals surface area contributed by atoms with Crippen molar-refractivity contribution < 1.29 is 0 Å². The molecule has 0 atom stereocenters. The minimum atomic E-state index is 0.424. The molecule has 0 aliphatic carbocycles. The molecule has 0 bridgehead atoms. The van der Waals surface area contributed by atoms with Gasteiger partial charge in [-0.15, -0.1) is 11.6 Å². The number of alkyl halides is 1. The molecule has 0 fully saturated rings. The summed E-state index contributed by atoms with van der Waals surface area (Å²) in [6.45, 7) is 6.35. The Kier molecular flexibility index (Phi) is 4.02. The normalized spacial score (nSPS) is 11.2. The lowest BCUT2D eigenvalue weighted by Gasteiger charge is -2.06. The Labute approximate surface area is 113 Å². The van der Waals surface area contributed by atoms with Crippen molar-refractivity contribution in [2.45, 2.75) is 39.0 Å². The fourth-order valence-corrected chi connectivity index (χ4v) is 1.94. The topological polar surface area (TPSA) is 30.7 Å². The van der Waals surface area contributed by atoms with Gasteiger partial charge in [-0.2, -0.15) is 5.10 Å². The van der Waals surface area contributed by atoms with Crippen LogP contribution in [0.4, 0.5) is 0 Å². The maximum Gasteiger partial charge on any atom is 0.153 e. The summed E-state index contributed by atoms with van der Waals surface area (Å²) >= 11 is 5.91. The number of hydrogen-bond acceptors (Lipinski definition) is 2. The van der Waals surface area contributed by atoms with Gasteiger partial charge in [-0.05, 0) is 36.1 Å². The molecule has 0 unspecified atom stereocenters. The van der Waals surface area contributed by atoms with Gasteiger partial charge in [-0.3, -0.25) is 0 Å². The maximum absolute atomic E-state index is 5.91. The maximum atomic E-state index is 5.91. The van der Waals surface area contributed by atoms with Crippen molar-refractivity contribution in [2.24, 2.45) is 0 Å². The summed E-state index contributed by atoms with van der Waals surface area (Å²) in [5.41, 5.74) is 3.20. The Bertz CT molecular complexity index is 509. The second-order valence-electron chi connectivity index (χ2n) is 4.65. The van der Waals surface area contributed by atoms with Crippen LogP contribution in [0.5, 0.6) is 0 Å². The Balaban J connectivity index is 2.42. The van der Waals surface area contributed by atoms with E-state index in [0.29, 0.717) is 11.8 Å². The molecule has 2 aromatic rings. The van der Waals surface area contributed by atoms with Gasteiger partial charge in [0.1, 0.15) is 0 Å². The highest BCUT2D eigenvalue weighted by molar-refractivity contribution is 6.17. The van der Waals surface area contributed by atoms with Crippen LogP contribution >= 0.6 is 11.6 Å². The largest absolute Gasteiger partial charge is 0.234 e. The minimum absolute atomic E-state index is 0.424. The molecule has 0 radical (unpaired) electrons. The van der Waals surface area contributed by atoms with Gasteiger partial charge in [-0.1, -0.05) is 20.8 Å². The molecule has 0 aromatic carbocycles. The van der Waals surface area contributed by atoms with E-state index in [4.69, 9.17) is 11.6 Å². The molecule has 18 heavy (non-hydrogen) atoms. The van der Waals surface area contributed by atoms with E-state index in [9.17, 15) is 0 Å². The summed E-state index contributed by atoms with van der Waals surface area (Å²) in [6, 6.07) is 6.07. The van der Waals surface area contributed by atoms with Crippen LogP contribution in [0.15, 0.2) is 24.4 Å². The van der Waals surface area contributed by atoms with E-state index in [2.05, 4.69) is 30.9 Å². The lowest BCUT2D eigenvalue weighted by Crippen LogP contribution is -2.03. The summed E-state index contributed by atoms with van der Waals surface area (Å²) in [5.74, 6) is 1.77. The van der Waals surface area contributed by atoms with Gasteiger partial charge < -0.3 is 0 Å². The first kappa shape index (κ1) is 13.1. The molecule has 3 nitrogen and oxygen atoms in total. The molecule has 4 heteroatoms. The second kappa shape index (κ2) is 5.53. The molecule has 96 valence electrons. The number of aromatic nitrogens is 3. The number of rotatable bonds is 4. The average molecular weight is 264 g/mol. The second-order valence-corrected chi connectivity index (χ2v) is 4.92. The van der Waals surface area contributed by atoms with Gasteiger partial charge in [0.25, 0.3) is 0 Å². The third-order valence-electron chi connectivity index (χ3n) is 2.88. The van der Waals surface area contributed by atoms with E-state index in [1.165, 1.54) is 0 Å². The van der Waals surface area contributed by atoms with Crippen LogP contribution in [0.3, 0.4) is 0 Å². The van der Waals surface area contributed by atoms with Crippen LogP contribution < -0.4 is 0 Å². The number of nitrogens with zero attached hydrogens (tertiary/aromatic N) is 3. The molecule has 2 heterocycles. The van der Waals surface area contributed by atoms with E-state index in [1.54, 1.807) is 0 Å². The number of aryl methyl sites for hydroxylation is 1. The van der Waals surface area contributed by atoms with E-state index >= 15 is 0 Å². The third-order valence-corrected chi connectivity index (χ3v) is 3.19. The zero-order valence-corrected chi connectivity index (χ0v) is 11.8. The Hall–Kier alpha value is -1.35. The molecule has 0 amide bonds. The number of pyridine rings is 1. The summed E-state index contributed by atoms with van der Waals surface area (Å²) < 4.78 is 1.82. The SMILES string of the molecule is CCc1cc(CCl)cc(-n2ccc(C(C)C)n2)n1. The molecule has 0 N–H and O–H groups in total. The van der Waals surface area contributed by atoms with Crippen molar-refractivity contribution in [3.63, 3.8) is 0 Å². The van der Waals surface area contributed by atoms with Crippen LogP contribution in [0, 0.1) is 0 Å². The monoisotopic (exact) mass is 263 g/mol. The fourth-order valence-electron chi connectivity index (χ4n) is 1.78. The zero-order valence-electron chi connectivity index (χ0n) is 11.0. The van der Waals surface area contributed by atoms with Crippen molar-refractivity contribution in [3.8, 4) is 5.82 Å². The van der Waals surface area contributed by atoms with Gasteiger partial charge >= 0.3 is 0 Å². The molecule has 0 spiro atoms. The Morgan fingerprint density at radius 3 is 2.67 bits per heavy atom. The van der Waals surface area contributed by atoms with Gasteiger partial charge in [0.15, 0.2) is 5.82 Å². The van der Waals surface area contributed by atoms with E-state index in [0.717, 1.165) is 29.2 Å². The fraction of sp³-hybridized carbons (Fsp3) is 0.429. The molecule has 2 aromatic heterocycles. The Morgan fingerprint density at radius 1 is 1.33 bits per heavy atom. The minimum Gasteiger partial charge on any atom is -0.234 e. The van der Waals surface area contributed by atoms with Crippen LogP contribution in [0.25, 0.3) is 5.82 Å². The highest BCUT2D eigenvalue weighted by atomic mass is 35.5. The Morgan fingerprint density at radius 2 is 2.11 bits per heavy atom. The first-order valence-corrected chi connectivity index (χ1v) is 6.79. The summed E-state index contributed by atoms with van der Waals surface area (Å²) in [4.78, 5) is 4.58. The van der Waals surface area contributed by atoms with E-state index in [-0.39, 0.29) is 0 Å². The standard InChI is InChI=1S/C14H18ClN3/c1-4-12-7-11(9-15)8-14(16-12)18-6-5-13(17-18)10(2)3/h5-8,10H,4,9H2,1-3H3. The molecular formula is C14H18ClN3. The van der Waals surface area contributed by atoms with Crippen molar-refractivity contribution in [2.75, 3.05) is 0 Å². The van der Waals surface area contributed by atoms with Gasteiger partial charge in [0.2, 0.25) is 0 Å². The zero-order chi connectivity index (χ0) is 13.1. The van der Waals surface area contributed by atoms with E-state index < -0.39 is 0 Å². The highest BCUT2D eigenvalue weighted by Gasteiger charge is 2.07. The predicted molar refractivity (Wildman–Crippen MR) is 74.4 cm³/mol. The third kappa shape index (κ3) is 2.72. The summed E-state index contributed by atoms with van der Waals surface area (Å²) in [7, 11) is 0. The van der Waals surface area contributed by atoms with Crippen LogP contribution in [-0.4, -0.2) is 14.8 Å². The first-order chi connectivity index (χ1) is 8.63. The van der Waals surface area contributed by atoms with Crippen LogP contribution in [0.1, 0.15) is 43.6 Å². The molecular weight excluding hydrogens is 246 g/mol. The van der Waals surface area contributed by atoms with Crippen molar-refractivity contribution in [1.29, 1.82) is 0 Å². The molecule has 0 aliphatic rings. The molecule has 0 saturated carbocycles. The van der Waals surface area contributed by atoms with Crippen LogP contribution in [0.2, 0.25) is 0 Å². The summed E-state index contributed by atoms with van der Waals surface area (Å²) in [5, 5.41) is 4.54. The van der Waals surface area contributed by atoms with Crippen molar-refractivity contribution in [1.82, 2.24) is 14.8 Å². The summed E-state index contributed by atoms with van der Waals surface area (Å²) in [6.07, 6.45) is 2.85. The molecule has 0 aliphatic heterocycles. The molecule has 0 saturated heterocycles. The highest BCUT2D eigenvalue weighted by Crippen LogP contribution is 2.16. The quantitative estimate of drug-likeness (QED) is 0.788. The van der Waals surface area contributed by atoms with Gasteiger partial charge in [-0.25, -0.2) is 9.67 Å². The number of hydrogen-bond donors (Lipinski definition) is 0. The van der Waals surface area contributed by atoms with E-state index in [1.807, 2.05) is 29.1 Å². The molecule has 2 rings (SSSR count). The lowest BCUT2D eigenvalue weighted by atomic mass is 10.1. The van der Waals surface area contributed by atoms with Crippen molar-refractivity contribution >= 4 is 11.6 Å². The first-order valence-electron chi connectivity index (χ1n) is 6.25. The number of halogens is 1. The average Bonchev–Trinajstić information content (AvgIpc) is 2.87. The predicted octanol–water partition coefficient (Wildman–Crippen LogP) is 3.69. The van der Waals surface area contributed by atoms with Crippen LogP contribution in [-0.2, 0) is 12.3 Å². The van der Waals surface area contributed by atoms with Gasteiger partial charge in [0.05, 0.1) is 5.69 Å². The van der Waals surface area contributed by atoms with Gasteiger partial charge in [0, 0.05) is 17.8 Å².